The van der Waals surface area contributed by atoms with Gasteiger partial charge in [0, 0.05) is 24.2 Å². The van der Waals surface area contributed by atoms with Crippen molar-refractivity contribution in [2.45, 2.75) is 63.9 Å². The van der Waals surface area contributed by atoms with Crippen LogP contribution in [-0.2, 0) is 4.79 Å². The Kier molecular flexibility index (Phi) is 6.24. The summed E-state index contributed by atoms with van der Waals surface area (Å²) < 4.78 is 0. The molecule has 1 aromatic carbocycles. The van der Waals surface area contributed by atoms with Gasteiger partial charge in [0.2, 0.25) is 0 Å². The summed E-state index contributed by atoms with van der Waals surface area (Å²) in [4.78, 5) is 16.7. The number of carbonyl (C=O) groups excluding carboxylic acids is 1. The summed E-state index contributed by atoms with van der Waals surface area (Å²) in [6.07, 6.45) is 14.7. The Morgan fingerprint density at radius 2 is 1.92 bits per heavy atom. The molecule has 8 atom stereocenters. The maximum absolute atomic E-state index is 12.4. The lowest BCUT2D eigenvalue weighted by Crippen LogP contribution is -2.55. The number of benzene rings is 1. The van der Waals surface area contributed by atoms with Crippen LogP contribution in [0.2, 0.25) is 0 Å². The van der Waals surface area contributed by atoms with Gasteiger partial charge < -0.3 is 10.2 Å². The lowest BCUT2D eigenvalue weighted by molar-refractivity contribution is -0.118. The van der Waals surface area contributed by atoms with Crippen molar-refractivity contribution in [3.05, 3.63) is 78.2 Å². The number of carbonyl (C=O) groups is 1. The van der Waals surface area contributed by atoms with Crippen LogP contribution in [-0.4, -0.2) is 33.2 Å². The summed E-state index contributed by atoms with van der Waals surface area (Å²) in [6.45, 7) is 4.57. The van der Waals surface area contributed by atoms with Gasteiger partial charge in [-0.25, -0.2) is 0 Å². The number of hydrogen-bond donors (Lipinski definition) is 2. The molecule has 37 heavy (non-hydrogen) atoms. The van der Waals surface area contributed by atoms with Crippen molar-refractivity contribution in [2.24, 2.45) is 35.0 Å². The van der Waals surface area contributed by atoms with Gasteiger partial charge in [0.15, 0.2) is 5.78 Å². The molecular weight excluding hydrogens is 458 g/mol. The Labute approximate surface area is 220 Å². The Balaban J connectivity index is 1.44. The van der Waals surface area contributed by atoms with Crippen LogP contribution < -0.4 is 0 Å². The van der Waals surface area contributed by atoms with Crippen molar-refractivity contribution in [2.75, 3.05) is 6.61 Å². The molecule has 4 aliphatic carbocycles. The van der Waals surface area contributed by atoms with Crippen LogP contribution in [0.3, 0.4) is 0 Å². The minimum absolute atomic E-state index is 0.0460. The molecule has 0 amide bonds. The number of aliphatic hydroxyl groups is 2. The highest BCUT2D eigenvalue weighted by Crippen LogP contribution is 2.69. The number of ketones is 1. The van der Waals surface area contributed by atoms with E-state index in [1.54, 1.807) is 12.3 Å². The molecule has 0 unspecified atom stereocenters. The lowest BCUT2D eigenvalue weighted by Gasteiger charge is -2.59. The normalized spacial score (nSPS) is 39.1. The predicted octanol–water partition coefficient (Wildman–Crippen LogP) is 6.11. The van der Waals surface area contributed by atoms with Crippen molar-refractivity contribution in [1.82, 2.24) is 4.98 Å². The summed E-state index contributed by atoms with van der Waals surface area (Å²) in [5.41, 5.74) is 3.85. The number of aromatic nitrogens is 1. The molecule has 0 spiro atoms. The van der Waals surface area contributed by atoms with Crippen molar-refractivity contribution in [3.63, 3.8) is 0 Å². The van der Waals surface area contributed by atoms with Gasteiger partial charge >= 0.3 is 0 Å². The van der Waals surface area contributed by atoms with E-state index in [2.05, 4.69) is 49.2 Å². The van der Waals surface area contributed by atoms with Crippen LogP contribution in [0.4, 0.5) is 0 Å². The molecular formula is C33H39NO3. The highest BCUT2D eigenvalue weighted by atomic mass is 16.3. The quantitative estimate of drug-likeness (QED) is 0.500. The van der Waals surface area contributed by atoms with Crippen molar-refractivity contribution >= 4 is 5.78 Å². The minimum atomic E-state index is -0.902. The molecule has 0 radical (unpaired) electrons. The van der Waals surface area contributed by atoms with Gasteiger partial charge in [-0.05, 0) is 96.4 Å². The summed E-state index contributed by atoms with van der Waals surface area (Å²) in [5.74, 6) is 2.91. The van der Waals surface area contributed by atoms with Gasteiger partial charge in [-0.2, -0.15) is 0 Å². The van der Waals surface area contributed by atoms with Crippen LogP contribution >= 0.6 is 0 Å². The number of pyridine rings is 1. The monoisotopic (exact) mass is 497 g/mol. The van der Waals surface area contributed by atoms with Gasteiger partial charge in [-0.1, -0.05) is 61.9 Å². The molecule has 2 aromatic rings. The van der Waals surface area contributed by atoms with Crippen LogP contribution in [0.15, 0.2) is 72.6 Å². The van der Waals surface area contributed by atoms with Crippen molar-refractivity contribution in [3.8, 4) is 11.1 Å². The number of fused-ring (bicyclic) bond motifs is 5. The maximum atomic E-state index is 12.4. The van der Waals surface area contributed by atoms with Gasteiger partial charge in [-0.3, -0.25) is 9.78 Å². The summed E-state index contributed by atoms with van der Waals surface area (Å²) >= 11 is 0. The van der Waals surface area contributed by atoms with Gasteiger partial charge in [0.05, 0.1) is 12.2 Å². The first kappa shape index (κ1) is 24.8. The van der Waals surface area contributed by atoms with E-state index < -0.39 is 5.60 Å². The number of allylic oxidation sites excluding steroid dienone is 1. The third-order valence-electron chi connectivity index (χ3n) is 10.7. The van der Waals surface area contributed by atoms with Gasteiger partial charge in [0.25, 0.3) is 0 Å². The third-order valence-corrected chi connectivity index (χ3v) is 10.7. The second-order valence-electron chi connectivity index (χ2n) is 12.4. The fourth-order valence-corrected chi connectivity index (χ4v) is 8.99. The van der Waals surface area contributed by atoms with Crippen LogP contribution in [0, 0.1) is 35.0 Å². The molecule has 0 saturated heterocycles. The number of hydrogen-bond acceptors (Lipinski definition) is 4. The summed E-state index contributed by atoms with van der Waals surface area (Å²) in [7, 11) is 0. The Hall–Kier alpha value is -2.56. The lowest BCUT2D eigenvalue weighted by atomic mass is 9.45. The zero-order valence-corrected chi connectivity index (χ0v) is 22.0. The second kappa shape index (κ2) is 9.32. The SMILES string of the molecule is C[C@@H]1C[C@@H]2[C@H]([C@@H](c3ccc(-c4cccnc4)cc3)C[C@@]3(C)[C@H]2CC[C@@]3(O)/C=C\CO)[C@H]2CCC(=O)C=C12. The van der Waals surface area contributed by atoms with Crippen molar-refractivity contribution < 1.29 is 15.0 Å². The molecule has 194 valence electrons. The van der Waals surface area contributed by atoms with E-state index in [1.165, 1.54) is 11.1 Å². The Morgan fingerprint density at radius 1 is 1.11 bits per heavy atom. The predicted molar refractivity (Wildman–Crippen MR) is 146 cm³/mol. The fraction of sp³-hybridized carbons (Fsp3) is 0.515. The fourth-order valence-electron chi connectivity index (χ4n) is 8.99. The van der Waals surface area contributed by atoms with E-state index >= 15 is 0 Å². The molecule has 1 heterocycles. The number of aliphatic hydroxyl groups excluding tert-OH is 1. The van der Waals surface area contributed by atoms with Crippen LogP contribution in [0.5, 0.6) is 0 Å². The Morgan fingerprint density at radius 3 is 2.65 bits per heavy atom. The molecule has 2 N–H and O–H groups in total. The third kappa shape index (κ3) is 3.95. The zero-order chi connectivity index (χ0) is 25.8. The van der Waals surface area contributed by atoms with Crippen molar-refractivity contribution in [1.29, 1.82) is 0 Å². The number of rotatable bonds is 4. The molecule has 0 aliphatic heterocycles. The zero-order valence-electron chi connectivity index (χ0n) is 22.0. The maximum Gasteiger partial charge on any atom is 0.155 e. The highest BCUT2D eigenvalue weighted by molar-refractivity contribution is 5.91. The highest BCUT2D eigenvalue weighted by Gasteiger charge is 2.64. The average molecular weight is 498 g/mol. The van der Waals surface area contributed by atoms with E-state index in [9.17, 15) is 15.0 Å². The first-order chi connectivity index (χ1) is 17.8. The Bertz CT molecular complexity index is 1220. The van der Waals surface area contributed by atoms with E-state index in [1.807, 2.05) is 24.4 Å². The van der Waals surface area contributed by atoms with E-state index in [0.29, 0.717) is 47.7 Å². The van der Waals surface area contributed by atoms with Gasteiger partial charge in [-0.15, -0.1) is 0 Å². The van der Waals surface area contributed by atoms with E-state index in [0.717, 1.165) is 43.2 Å². The first-order valence-electron chi connectivity index (χ1n) is 14.1. The standard InChI is InChI=1S/C33H39NO3/c1-21-17-28-30-12-14-33(37,13-4-16-35)32(30,2)19-29(31(28)26-11-10-25(36)18-27(21)26)23-8-6-22(7-9-23)24-5-3-15-34-20-24/h3-9,13,15,18,20-21,26,28-31,35,37H,10-12,14,16-17,19H2,1-2H3/b13-4-/t21-,26+,28+,29-,30+,31-,32+,33+/m1/s1. The summed E-state index contributed by atoms with van der Waals surface area (Å²) in [6, 6.07) is 13.1. The minimum Gasteiger partial charge on any atom is -0.392 e. The topological polar surface area (TPSA) is 70.4 Å². The smallest absolute Gasteiger partial charge is 0.155 e. The molecule has 4 aliphatic rings. The van der Waals surface area contributed by atoms with Gasteiger partial charge in [0.1, 0.15) is 0 Å². The molecule has 1 aromatic heterocycles. The molecule has 4 nitrogen and oxygen atoms in total. The molecule has 6 rings (SSSR count). The largest absolute Gasteiger partial charge is 0.392 e. The second-order valence-corrected chi connectivity index (χ2v) is 12.4. The molecule has 0 bridgehead atoms. The average Bonchev–Trinajstić information content (AvgIpc) is 3.18. The van der Waals surface area contributed by atoms with Crippen LogP contribution in [0.1, 0.15) is 63.9 Å². The molecule has 4 heteroatoms. The van der Waals surface area contributed by atoms with E-state index in [-0.39, 0.29) is 12.0 Å². The van der Waals surface area contributed by atoms with Crippen LogP contribution in [0.25, 0.3) is 11.1 Å². The number of nitrogens with zero attached hydrogens (tertiary/aromatic N) is 1. The van der Waals surface area contributed by atoms with E-state index in [4.69, 9.17) is 0 Å². The molecule has 3 fully saturated rings. The molecule has 3 saturated carbocycles. The summed E-state index contributed by atoms with van der Waals surface area (Å²) in [5, 5.41) is 21.5. The first-order valence-corrected chi connectivity index (χ1v) is 14.1.